The van der Waals surface area contributed by atoms with Crippen molar-refractivity contribution in [2.45, 2.75) is 31.3 Å². The third-order valence-electron chi connectivity index (χ3n) is 6.60. The van der Waals surface area contributed by atoms with Crippen molar-refractivity contribution in [1.29, 1.82) is 0 Å². The number of nitrogens with one attached hydrogen (secondary N) is 1. The third kappa shape index (κ3) is 4.57. The van der Waals surface area contributed by atoms with Gasteiger partial charge in [-0.3, -0.25) is 0 Å². The van der Waals surface area contributed by atoms with E-state index in [9.17, 15) is 14.7 Å². The number of benzene rings is 3. The molecule has 5 rings (SSSR count). The number of carbonyl (C=O) groups is 2. The van der Waals surface area contributed by atoms with Crippen LogP contribution in [-0.2, 0) is 16.0 Å². The molecule has 1 amide bonds. The van der Waals surface area contributed by atoms with E-state index in [1.54, 1.807) is 0 Å². The van der Waals surface area contributed by atoms with E-state index < -0.39 is 24.1 Å². The zero-order valence-corrected chi connectivity index (χ0v) is 19.7. The molecule has 8 heteroatoms. The molecule has 0 bridgehead atoms. The number of hydrogen-bond acceptors (Lipinski definition) is 5. The Labute approximate surface area is 208 Å². The Bertz CT molecular complexity index is 1340. The molecular formula is C28H26N4O4. The Hall–Kier alpha value is -4.46. The number of aliphatic carboxylic acids is 1. The van der Waals surface area contributed by atoms with Gasteiger partial charge in [0.1, 0.15) is 12.6 Å². The topological polar surface area (TPSA) is 106 Å². The van der Waals surface area contributed by atoms with Gasteiger partial charge in [0.25, 0.3) is 0 Å². The van der Waals surface area contributed by atoms with Crippen molar-refractivity contribution in [1.82, 2.24) is 20.3 Å². The van der Waals surface area contributed by atoms with E-state index in [1.807, 2.05) is 54.6 Å². The molecule has 0 saturated heterocycles. The average molecular weight is 483 g/mol. The molecule has 2 N–H and O–H groups in total. The number of carbonyl (C=O) groups excluding carboxylic acids is 1. The van der Waals surface area contributed by atoms with Crippen molar-refractivity contribution in [2.24, 2.45) is 0 Å². The van der Waals surface area contributed by atoms with Gasteiger partial charge in [0.05, 0.1) is 17.9 Å². The number of carboxylic acids is 1. The normalized spacial score (nSPS) is 13.9. The number of ether oxygens (including phenoxy) is 1. The molecular weight excluding hydrogens is 456 g/mol. The minimum atomic E-state index is -1.04. The van der Waals surface area contributed by atoms with Gasteiger partial charge < -0.3 is 15.2 Å². The standard InChI is InChI=1S/C28H26N4O4/c1-18(27(33)34)32-26(16-29-31-32)25(15-19-9-3-2-4-10-19)30-28(35)36-17-24-22-13-7-5-11-20(22)21-12-6-8-14-23(21)24/h2-14,16,18,24-25H,15,17H2,1H3,(H,30,35)(H,33,34)/t18-,25-/m0/s1. The Kier molecular flexibility index (Phi) is 6.49. The lowest BCUT2D eigenvalue weighted by Gasteiger charge is -2.22. The SMILES string of the molecule is C[C@@H](C(=O)O)n1nncc1[C@H](Cc1ccccc1)NC(=O)OCC1c2ccccc2-c2ccccc21. The molecule has 0 saturated carbocycles. The van der Waals surface area contributed by atoms with Gasteiger partial charge >= 0.3 is 12.1 Å². The molecule has 0 spiro atoms. The molecule has 8 nitrogen and oxygen atoms in total. The minimum Gasteiger partial charge on any atom is -0.480 e. The molecule has 1 aliphatic carbocycles. The Morgan fingerprint density at radius 1 is 0.972 bits per heavy atom. The third-order valence-corrected chi connectivity index (χ3v) is 6.60. The van der Waals surface area contributed by atoms with Gasteiger partial charge in [0.15, 0.2) is 0 Å². The fraction of sp³-hybridized carbons (Fsp3) is 0.214. The van der Waals surface area contributed by atoms with Crippen LogP contribution >= 0.6 is 0 Å². The van der Waals surface area contributed by atoms with E-state index in [1.165, 1.54) is 17.8 Å². The van der Waals surface area contributed by atoms with Crippen LogP contribution in [0.25, 0.3) is 11.1 Å². The van der Waals surface area contributed by atoms with Gasteiger partial charge in [-0.2, -0.15) is 0 Å². The van der Waals surface area contributed by atoms with Crippen LogP contribution in [0.5, 0.6) is 0 Å². The van der Waals surface area contributed by atoms with Crippen molar-refractivity contribution < 1.29 is 19.4 Å². The lowest BCUT2D eigenvalue weighted by Crippen LogP contribution is -2.34. The maximum atomic E-state index is 13.0. The number of fused-ring (bicyclic) bond motifs is 3. The molecule has 1 heterocycles. The number of carboxylic acid groups (broad SMARTS) is 1. The molecule has 2 atom stereocenters. The number of nitrogens with zero attached hydrogens (tertiary/aromatic N) is 3. The fourth-order valence-corrected chi connectivity index (χ4v) is 4.77. The molecule has 1 aliphatic rings. The van der Waals surface area contributed by atoms with Crippen LogP contribution in [0.3, 0.4) is 0 Å². The van der Waals surface area contributed by atoms with Crippen molar-refractivity contribution in [3.63, 3.8) is 0 Å². The van der Waals surface area contributed by atoms with Gasteiger partial charge in [0, 0.05) is 5.92 Å². The van der Waals surface area contributed by atoms with Crippen molar-refractivity contribution in [2.75, 3.05) is 6.61 Å². The summed E-state index contributed by atoms with van der Waals surface area (Å²) in [4.78, 5) is 24.6. The predicted molar refractivity (Wildman–Crippen MR) is 133 cm³/mol. The monoisotopic (exact) mass is 482 g/mol. The molecule has 1 aromatic heterocycles. The summed E-state index contributed by atoms with van der Waals surface area (Å²) < 4.78 is 7.06. The highest BCUT2D eigenvalue weighted by Gasteiger charge is 2.30. The average Bonchev–Trinajstić information content (AvgIpc) is 3.50. The Morgan fingerprint density at radius 2 is 1.58 bits per heavy atom. The number of amides is 1. The van der Waals surface area contributed by atoms with E-state index in [0.717, 1.165) is 27.8 Å². The highest BCUT2D eigenvalue weighted by Crippen LogP contribution is 2.44. The highest BCUT2D eigenvalue weighted by atomic mass is 16.5. The van der Waals surface area contributed by atoms with E-state index in [2.05, 4.69) is 39.9 Å². The fourth-order valence-electron chi connectivity index (χ4n) is 4.77. The zero-order chi connectivity index (χ0) is 25.1. The van der Waals surface area contributed by atoms with E-state index >= 15 is 0 Å². The first-order valence-electron chi connectivity index (χ1n) is 11.8. The van der Waals surface area contributed by atoms with Crippen LogP contribution in [0.4, 0.5) is 4.79 Å². The first kappa shape index (κ1) is 23.3. The first-order chi connectivity index (χ1) is 17.5. The van der Waals surface area contributed by atoms with Crippen molar-refractivity contribution in [3.05, 3.63) is 107 Å². The molecule has 4 aromatic rings. The molecule has 0 fully saturated rings. The molecule has 0 radical (unpaired) electrons. The smallest absolute Gasteiger partial charge is 0.407 e. The summed E-state index contributed by atoms with van der Waals surface area (Å²) in [5.74, 6) is -1.10. The summed E-state index contributed by atoms with van der Waals surface area (Å²) in [6.45, 7) is 1.70. The highest BCUT2D eigenvalue weighted by molar-refractivity contribution is 5.79. The van der Waals surface area contributed by atoms with E-state index in [0.29, 0.717) is 12.1 Å². The van der Waals surface area contributed by atoms with Crippen LogP contribution in [0, 0.1) is 0 Å². The second-order valence-electron chi connectivity index (χ2n) is 8.83. The van der Waals surface area contributed by atoms with Gasteiger partial charge in [-0.05, 0) is 41.2 Å². The van der Waals surface area contributed by atoms with Crippen LogP contribution in [0.15, 0.2) is 85.1 Å². The minimum absolute atomic E-state index is 0.0602. The number of alkyl carbamates (subject to hydrolysis) is 1. The molecule has 3 aromatic carbocycles. The molecule has 36 heavy (non-hydrogen) atoms. The number of hydrogen-bond donors (Lipinski definition) is 2. The van der Waals surface area contributed by atoms with Crippen LogP contribution in [0.2, 0.25) is 0 Å². The summed E-state index contributed by atoms with van der Waals surface area (Å²) in [5, 5.41) is 20.3. The van der Waals surface area contributed by atoms with Gasteiger partial charge in [-0.1, -0.05) is 84.1 Å². The van der Waals surface area contributed by atoms with E-state index in [-0.39, 0.29) is 12.5 Å². The Morgan fingerprint density at radius 3 is 2.22 bits per heavy atom. The van der Waals surface area contributed by atoms with Crippen LogP contribution in [-0.4, -0.2) is 38.8 Å². The maximum absolute atomic E-state index is 13.0. The largest absolute Gasteiger partial charge is 0.480 e. The lowest BCUT2D eigenvalue weighted by molar-refractivity contribution is -0.140. The second-order valence-corrected chi connectivity index (χ2v) is 8.83. The Balaban J connectivity index is 1.35. The second kappa shape index (κ2) is 10.0. The molecule has 0 unspecified atom stereocenters. The quantitative estimate of drug-likeness (QED) is 0.376. The van der Waals surface area contributed by atoms with E-state index in [4.69, 9.17) is 4.74 Å². The number of aromatic nitrogens is 3. The van der Waals surface area contributed by atoms with Gasteiger partial charge in [0.2, 0.25) is 0 Å². The zero-order valence-electron chi connectivity index (χ0n) is 19.7. The van der Waals surface area contributed by atoms with Crippen LogP contribution < -0.4 is 5.32 Å². The summed E-state index contributed by atoms with van der Waals surface area (Å²) in [7, 11) is 0. The first-order valence-corrected chi connectivity index (χ1v) is 11.8. The summed E-state index contributed by atoms with van der Waals surface area (Å²) in [5.41, 5.74) is 6.03. The summed E-state index contributed by atoms with van der Waals surface area (Å²) in [6.07, 6.45) is 1.31. The number of rotatable bonds is 8. The molecule has 0 aliphatic heterocycles. The summed E-state index contributed by atoms with van der Waals surface area (Å²) in [6, 6.07) is 24.4. The van der Waals surface area contributed by atoms with Crippen molar-refractivity contribution in [3.8, 4) is 11.1 Å². The van der Waals surface area contributed by atoms with Gasteiger partial charge in [-0.25, -0.2) is 14.3 Å². The van der Waals surface area contributed by atoms with Gasteiger partial charge in [-0.15, -0.1) is 5.10 Å². The van der Waals surface area contributed by atoms with Crippen LogP contribution in [0.1, 0.15) is 47.3 Å². The lowest BCUT2D eigenvalue weighted by atomic mass is 9.98. The summed E-state index contributed by atoms with van der Waals surface area (Å²) >= 11 is 0. The maximum Gasteiger partial charge on any atom is 0.407 e. The predicted octanol–water partition coefficient (Wildman–Crippen LogP) is 4.75. The molecule has 182 valence electrons. The van der Waals surface area contributed by atoms with Crippen molar-refractivity contribution >= 4 is 12.1 Å².